The summed E-state index contributed by atoms with van der Waals surface area (Å²) in [6, 6.07) is 11.8. The zero-order valence-corrected chi connectivity index (χ0v) is 18.1. The zero-order chi connectivity index (χ0) is 20.8. The monoisotopic (exact) mass is 427 g/mol. The fourth-order valence-electron chi connectivity index (χ4n) is 4.54. The van der Waals surface area contributed by atoms with Crippen LogP contribution in [0.1, 0.15) is 43.2 Å². The minimum absolute atomic E-state index is 0.00159. The number of aryl methyl sites for hydroxylation is 1. The van der Waals surface area contributed by atoms with Crippen LogP contribution in [0.5, 0.6) is 0 Å². The molecule has 5 nitrogen and oxygen atoms in total. The smallest absolute Gasteiger partial charge is 0.220 e. The number of benzene rings is 1. The van der Waals surface area contributed by atoms with Gasteiger partial charge in [-0.1, -0.05) is 35.9 Å². The Morgan fingerprint density at radius 3 is 2.80 bits per heavy atom. The van der Waals surface area contributed by atoms with Crippen molar-refractivity contribution in [1.82, 2.24) is 15.2 Å². The Morgan fingerprint density at radius 2 is 2.03 bits per heavy atom. The second-order valence-corrected chi connectivity index (χ2v) is 8.90. The van der Waals surface area contributed by atoms with Gasteiger partial charge < -0.3 is 10.1 Å². The number of aromatic nitrogens is 1. The molecule has 0 bridgehead atoms. The molecule has 2 fully saturated rings. The number of hydrogen-bond donors (Lipinski definition) is 1. The summed E-state index contributed by atoms with van der Waals surface area (Å²) in [6.07, 6.45) is 9.23. The van der Waals surface area contributed by atoms with Crippen LogP contribution in [0.25, 0.3) is 0 Å². The lowest BCUT2D eigenvalue weighted by Gasteiger charge is -2.39. The number of ether oxygens (including phenoxy) is 1. The van der Waals surface area contributed by atoms with E-state index in [2.05, 4.69) is 21.3 Å². The Kier molecular flexibility index (Phi) is 7.03. The summed E-state index contributed by atoms with van der Waals surface area (Å²) in [7, 11) is 0. The molecule has 2 saturated heterocycles. The van der Waals surface area contributed by atoms with E-state index in [0.717, 1.165) is 55.9 Å². The maximum Gasteiger partial charge on any atom is 0.220 e. The number of hydrogen-bond acceptors (Lipinski definition) is 4. The molecule has 6 heteroatoms. The number of amides is 1. The number of pyridine rings is 1. The van der Waals surface area contributed by atoms with Crippen LogP contribution in [0.15, 0.2) is 48.8 Å². The first-order chi connectivity index (χ1) is 14.6. The van der Waals surface area contributed by atoms with Gasteiger partial charge in [0.25, 0.3) is 0 Å². The molecule has 0 aliphatic carbocycles. The van der Waals surface area contributed by atoms with Crippen molar-refractivity contribution in [3.8, 4) is 0 Å². The van der Waals surface area contributed by atoms with Gasteiger partial charge in [-0.3, -0.25) is 14.7 Å². The number of carbonyl (C=O) groups is 1. The number of halogens is 1. The lowest BCUT2D eigenvalue weighted by Crippen LogP contribution is -2.44. The van der Waals surface area contributed by atoms with Crippen molar-refractivity contribution in [2.45, 2.75) is 56.8 Å². The van der Waals surface area contributed by atoms with Crippen molar-refractivity contribution in [3.63, 3.8) is 0 Å². The van der Waals surface area contributed by atoms with Gasteiger partial charge in [0.15, 0.2) is 0 Å². The van der Waals surface area contributed by atoms with Crippen LogP contribution < -0.4 is 5.32 Å². The molecule has 3 heterocycles. The minimum atomic E-state index is -0.00159. The third kappa shape index (κ3) is 5.60. The van der Waals surface area contributed by atoms with Gasteiger partial charge in [-0.15, -0.1) is 0 Å². The van der Waals surface area contributed by atoms with Crippen molar-refractivity contribution < 1.29 is 9.53 Å². The van der Waals surface area contributed by atoms with Gasteiger partial charge in [0, 0.05) is 50.0 Å². The molecule has 1 aromatic heterocycles. The highest BCUT2D eigenvalue weighted by atomic mass is 35.5. The number of carbonyl (C=O) groups excluding carboxylic acids is 1. The molecule has 1 N–H and O–H groups in total. The van der Waals surface area contributed by atoms with Gasteiger partial charge >= 0.3 is 0 Å². The predicted molar refractivity (Wildman–Crippen MR) is 118 cm³/mol. The molecular formula is C24H30ClN3O2. The zero-order valence-electron chi connectivity index (χ0n) is 17.4. The molecule has 30 heavy (non-hydrogen) atoms. The average molecular weight is 428 g/mol. The summed E-state index contributed by atoms with van der Waals surface area (Å²) in [6.45, 7) is 3.65. The topological polar surface area (TPSA) is 54.5 Å². The maximum atomic E-state index is 12.2. The Balaban J connectivity index is 1.17. The number of likely N-dealkylation sites (tertiary alicyclic amines) is 1. The van der Waals surface area contributed by atoms with E-state index >= 15 is 0 Å². The lowest BCUT2D eigenvalue weighted by atomic mass is 9.88. The SMILES string of the molecule is O=C(CCc1ccccc1Cl)NCC1CCC2(CCN(Cc3cccnc3)CC2)O1. The first-order valence-corrected chi connectivity index (χ1v) is 11.3. The van der Waals surface area contributed by atoms with E-state index < -0.39 is 0 Å². The van der Waals surface area contributed by atoms with Crippen LogP contribution in [0.4, 0.5) is 0 Å². The van der Waals surface area contributed by atoms with Gasteiger partial charge in [0.2, 0.25) is 5.91 Å². The van der Waals surface area contributed by atoms with E-state index in [-0.39, 0.29) is 17.6 Å². The fraction of sp³-hybridized carbons (Fsp3) is 0.500. The predicted octanol–water partition coefficient (Wildman–Crippen LogP) is 4.00. The first-order valence-electron chi connectivity index (χ1n) is 10.9. The van der Waals surface area contributed by atoms with Crippen molar-refractivity contribution in [2.24, 2.45) is 0 Å². The van der Waals surface area contributed by atoms with Crippen LogP contribution in [-0.2, 0) is 22.5 Å². The van der Waals surface area contributed by atoms with Crippen LogP contribution >= 0.6 is 11.6 Å². The van der Waals surface area contributed by atoms with E-state index in [1.165, 1.54) is 5.56 Å². The van der Waals surface area contributed by atoms with E-state index in [1.54, 1.807) is 0 Å². The first kappa shape index (κ1) is 21.3. The third-order valence-electron chi connectivity index (χ3n) is 6.34. The van der Waals surface area contributed by atoms with E-state index in [4.69, 9.17) is 16.3 Å². The summed E-state index contributed by atoms with van der Waals surface area (Å²) >= 11 is 6.17. The minimum Gasteiger partial charge on any atom is -0.370 e. The van der Waals surface area contributed by atoms with Gasteiger partial charge in [-0.05, 0) is 55.4 Å². The van der Waals surface area contributed by atoms with E-state index in [9.17, 15) is 4.79 Å². The summed E-state index contributed by atoms with van der Waals surface area (Å²) < 4.78 is 6.45. The summed E-state index contributed by atoms with van der Waals surface area (Å²) in [4.78, 5) is 18.9. The number of piperidine rings is 1. The molecule has 0 radical (unpaired) electrons. The second-order valence-electron chi connectivity index (χ2n) is 8.49. The molecule has 1 unspecified atom stereocenters. The quantitative estimate of drug-likeness (QED) is 0.725. The molecule has 1 spiro atoms. The van der Waals surface area contributed by atoms with Gasteiger partial charge in [-0.25, -0.2) is 0 Å². The van der Waals surface area contributed by atoms with Crippen molar-refractivity contribution in [3.05, 3.63) is 64.9 Å². The largest absolute Gasteiger partial charge is 0.370 e. The number of nitrogens with zero attached hydrogens (tertiary/aromatic N) is 2. The van der Waals surface area contributed by atoms with Gasteiger partial charge in [0.05, 0.1) is 11.7 Å². The summed E-state index contributed by atoms with van der Waals surface area (Å²) in [5.41, 5.74) is 2.28. The van der Waals surface area contributed by atoms with Crippen molar-refractivity contribution in [1.29, 1.82) is 0 Å². The second kappa shape index (κ2) is 9.90. The molecule has 1 amide bonds. The van der Waals surface area contributed by atoms with Crippen LogP contribution in [0.2, 0.25) is 5.02 Å². The highest BCUT2D eigenvalue weighted by molar-refractivity contribution is 6.31. The van der Waals surface area contributed by atoms with Crippen LogP contribution in [0, 0.1) is 0 Å². The normalized spacial score (nSPS) is 21.0. The Hall–Kier alpha value is -1.95. The molecule has 2 aliphatic heterocycles. The molecule has 2 aromatic rings. The summed E-state index contributed by atoms with van der Waals surface area (Å²) in [5.74, 6) is 0.0609. The molecule has 1 aromatic carbocycles. The highest BCUT2D eigenvalue weighted by Crippen LogP contribution is 2.39. The molecule has 160 valence electrons. The molecule has 4 rings (SSSR count). The maximum absolute atomic E-state index is 12.2. The van der Waals surface area contributed by atoms with E-state index in [1.807, 2.05) is 42.7 Å². The third-order valence-corrected chi connectivity index (χ3v) is 6.71. The fourth-order valence-corrected chi connectivity index (χ4v) is 4.77. The van der Waals surface area contributed by atoms with Gasteiger partial charge in [0.1, 0.15) is 0 Å². The molecular weight excluding hydrogens is 398 g/mol. The van der Waals surface area contributed by atoms with E-state index in [0.29, 0.717) is 19.4 Å². The lowest BCUT2D eigenvalue weighted by molar-refractivity contribution is -0.122. The highest BCUT2D eigenvalue weighted by Gasteiger charge is 2.42. The molecule has 2 aliphatic rings. The van der Waals surface area contributed by atoms with Crippen LogP contribution in [0.3, 0.4) is 0 Å². The summed E-state index contributed by atoms with van der Waals surface area (Å²) in [5, 5.41) is 3.78. The number of nitrogens with one attached hydrogen (secondary N) is 1. The molecule has 1 atom stereocenters. The number of rotatable bonds is 7. The van der Waals surface area contributed by atoms with Gasteiger partial charge in [-0.2, -0.15) is 0 Å². The Morgan fingerprint density at radius 1 is 1.20 bits per heavy atom. The standard InChI is InChI=1S/C24H30ClN3O2/c25-22-6-2-1-5-20(22)7-8-23(29)27-17-21-9-10-24(30-21)11-14-28(15-12-24)18-19-4-3-13-26-16-19/h1-6,13,16,21H,7-12,14-15,17-18H2,(H,27,29). The Labute approximate surface area is 183 Å². The van der Waals surface area contributed by atoms with Crippen molar-refractivity contribution >= 4 is 17.5 Å². The van der Waals surface area contributed by atoms with Crippen LogP contribution in [-0.4, -0.2) is 47.1 Å². The molecule has 0 saturated carbocycles. The average Bonchev–Trinajstić information content (AvgIpc) is 3.17. The Bertz CT molecular complexity index is 837. The van der Waals surface area contributed by atoms with Crippen molar-refractivity contribution in [2.75, 3.05) is 19.6 Å².